The fourth-order valence-electron chi connectivity index (χ4n) is 4.31. The van der Waals surface area contributed by atoms with Crippen molar-refractivity contribution in [2.24, 2.45) is 0 Å². The number of aromatic nitrogens is 3. The molecule has 6 heteroatoms. The van der Waals surface area contributed by atoms with E-state index >= 15 is 0 Å². The highest BCUT2D eigenvalue weighted by Gasteiger charge is 2.21. The second kappa shape index (κ2) is 9.69. The summed E-state index contributed by atoms with van der Waals surface area (Å²) in [5, 5.41) is 2.94. The average molecular weight is 416 g/mol. The van der Waals surface area contributed by atoms with Crippen molar-refractivity contribution in [3.8, 4) is 0 Å². The van der Waals surface area contributed by atoms with Gasteiger partial charge in [-0.1, -0.05) is 24.3 Å². The molecular formula is C25H29N5O. The van der Waals surface area contributed by atoms with Crippen molar-refractivity contribution >= 4 is 11.6 Å². The van der Waals surface area contributed by atoms with E-state index in [0.29, 0.717) is 5.92 Å². The summed E-state index contributed by atoms with van der Waals surface area (Å²) in [5.74, 6) is 0.574. The lowest BCUT2D eigenvalue weighted by Crippen LogP contribution is -2.33. The molecule has 0 bridgehead atoms. The average Bonchev–Trinajstić information content (AvgIpc) is 2.80. The van der Waals surface area contributed by atoms with Gasteiger partial charge in [0.25, 0.3) is 0 Å². The Morgan fingerprint density at radius 2 is 1.84 bits per heavy atom. The van der Waals surface area contributed by atoms with Crippen LogP contribution >= 0.6 is 0 Å². The minimum Gasteiger partial charge on any atom is -0.371 e. The summed E-state index contributed by atoms with van der Waals surface area (Å²) in [6.07, 6.45) is 10.1. The van der Waals surface area contributed by atoms with Gasteiger partial charge in [-0.05, 0) is 54.5 Å². The molecule has 0 radical (unpaired) electrons. The molecule has 2 aromatic heterocycles. The molecule has 3 heterocycles. The quantitative estimate of drug-likeness (QED) is 0.658. The van der Waals surface area contributed by atoms with Crippen molar-refractivity contribution in [1.82, 2.24) is 20.3 Å². The van der Waals surface area contributed by atoms with Crippen molar-refractivity contribution in [1.29, 1.82) is 0 Å². The normalized spacial score (nSPS) is 15.5. The number of pyridine rings is 1. The lowest BCUT2D eigenvalue weighted by Gasteiger charge is -2.34. The van der Waals surface area contributed by atoms with Gasteiger partial charge < -0.3 is 10.2 Å². The minimum atomic E-state index is 0.000296. The molecule has 1 N–H and O–H groups in total. The highest BCUT2D eigenvalue weighted by molar-refractivity contribution is 5.73. The number of piperidine rings is 1. The molecule has 1 saturated heterocycles. The van der Waals surface area contributed by atoms with Crippen LogP contribution in [-0.4, -0.2) is 33.9 Å². The number of nitrogens with zero attached hydrogens (tertiary/aromatic N) is 4. The molecule has 1 atom stereocenters. The predicted octanol–water partition coefficient (Wildman–Crippen LogP) is 4.04. The van der Waals surface area contributed by atoms with Crippen molar-refractivity contribution in [3.05, 3.63) is 83.7 Å². The Bertz CT molecular complexity index is 998. The molecule has 0 saturated carbocycles. The van der Waals surface area contributed by atoms with Gasteiger partial charge in [0, 0.05) is 56.4 Å². The van der Waals surface area contributed by atoms with Crippen LogP contribution < -0.4 is 10.2 Å². The SMILES string of the molecule is CC(=O)N[C@@H](C)c1ccc(C2CCN(c3ccnc(Cc4cncnc4)c3)CC2)cc1. The maximum absolute atomic E-state index is 11.3. The van der Waals surface area contributed by atoms with Gasteiger partial charge in [0.2, 0.25) is 5.91 Å². The molecule has 3 aromatic rings. The highest BCUT2D eigenvalue weighted by Crippen LogP contribution is 2.31. The third-order valence-corrected chi connectivity index (χ3v) is 5.99. The first-order chi connectivity index (χ1) is 15.1. The van der Waals surface area contributed by atoms with E-state index in [0.717, 1.165) is 49.2 Å². The number of amides is 1. The Hall–Kier alpha value is -3.28. The number of carbonyl (C=O) groups excluding carboxylic acids is 1. The second-order valence-electron chi connectivity index (χ2n) is 8.28. The maximum atomic E-state index is 11.3. The molecule has 1 fully saturated rings. The fraction of sp³-hybridized carbons (Fsp3) is 0.360. The van der Waals surface area contributed by atoms with E-state index in [2.05, 4.69) is 61.6 Å². The zero-order valence-electron chi connectivity index (χ0n) is 18.2. The predicted molar refractivity (Wildman–Crippen MR) is 122 cm³/mol. The lowest BCUT2D eigenvalue weighted by molar-refractivity contribution is -0.119. The van der Waals surface area contributed by atoms with E-state index in [1.54, 1.807) is 13.3 Å². The third-order valence-electron chi connectivity index (χ3n) is 5.99. The Labute approximate surface area is 183 Å². The molecule has 4 rings (SSSR count). The Morgan fingerprint density at radius 3 is 2.52 bits per heavy atom. The summed E-state index contributed by atoms with van der Waals surface area (Å²) in [5.41, 5.74) is 5.88. The van der Waals surface area contributed by atoms with E-state index in [4.69, 9.17) is 0 Å². The zero-order valence-corrected chi connectivity index (χ0v) is 18.2. The molecule has 1 aliphatic heterocycles. The Balaban J connectivity index is 1.35. The van der Waals surface area contributed by atoms with Crippen LogP contribution in [0.15, 0.2) is 61.3 Å². The van der Waals surface area contributed by atoms with Crippen LogP contribution in [-0.2, 0) is 11.2 Å². The summed E-state index contributed by atoms with van der Waals surface area (Å²) < 4.78 is 0. The topological polar surface area (TPSA) is 71.0 Å². The van der Waals surface area contributed by atoms with Gasteiger partial charge in [-0.25, -0.2) is 9.97 Å². The van der Waals surface area contributed by atoms with Gasteiger partial charge in [0.15, 0.2) is 0 Å². The summed E-state index contributed by atoms with van der Waals surface area (Å²) in [6, 6.07) is 13.1. The van der Waals surface area contributed by atoms with Crippen LogP contribution in [0.25, 0.3) is 0 Å². The summed E-state index contributed by atoms with van der Waals surface area (Å²) in [4.78, 5) is 26.4. The van der Waals surface area contributed by atoms with Crippen LogP contribution in [0.4, 0.5) is 5.69 Å². The molecule has 0 aliphatic carbocycles. The van der Waals surface area contributed by atoms with E-state index in [1.165, 1.54) is 11.3 Å². The van der Waals surface area contributed by atoms with E-state index in [-0.39, 0.29) is 11.9 Å². The fourth-order valence-corrected chi connectivity index (χ4v) is 4.31. The first-order valence-corrected chi connectivity index (χ1v) is 10.9. The molecule has 160 valence electrons. The first kappa shape index (κ1) is 21.0. The maximum Gasteiger partial charge on any atom is 0.217 e. The summed E-state index contributed by atoms with van der Waals surface area (Å²) in [6.45, 7) is 5.64. The van der Waals surface area contributed by atoms with Gasteiger partial charge in [-0.15, -0.1) is 0 Å². The van der Waals surface area contributed by atoms with Crippen LogP contribution in [0.2, 0.25) is 0 Å². The lowest BCUT2D eigenvalue weighted by atomic mass is 9.88. The smallest absolute Gasteiger partial charge is 0.217 e. The van der Waals surface area contributed by atoms with Gasteiger partial charge >= 0.3 is 0 Å². The summed E-state index contributed by atoms with van der Waals surface area (Å²) >= 11 is 0. The van der Waals surface area contributed by atoms with Crippen LogP contribution in [0, 0.1) is 0 Å². The molecule has 1 aromatic carbocycles. The summed E-state index contributed by atoms with van der Waals surface area (Å²) in [7, 11) is 0. The van der Waals surface area contributed by atoms with Crippen LogP contribution in [0.1, 0.15) is 61.0 Å². The van der Waals surface area contributed by atoms with Crippen molar-refractivity contribution in [2.45, 2.75) is 45.1 Å². The Kier molecular flexibility index (Phi) is 6.55. The highest BCUT2D eigenvalue weighted by atomic mass is 16.1. The minimum absolute atomic E-state index is 0.000296. The van der Waals surface area contributed by atoms with Crippen LogP contribution in [0.3, 0.4) is 0 Å². The third kappa shape index (κ3) is 5.45. The number of carbonyl (C=O) groups is 1. The zero-order chi connectivity index (χ0) is 21.6. The van der Waals surface area contributed by atoms with Gasteiger partial charge in [0.05, 0.1) is 6.04 Å². The number of hydrogen-bond donors (Lipinski definition) is 1. The number of hydrogen-bond acceptors (Lipinski definition) is 5. The van der Waals surface area contributed by atoms with Gasteiger partial charge in [0.1, 0.15) is 6.33 Å². The Morgan fingerprint density at radius 1 is 1.13 bits per heavy atom. The van der Waals surface area contributed by atoms with Crippen molar-refractivity contribution < 1.29 is 4.79 Å². The van der Waals surface area contributed by atoms with E-state index in [9.17, 15) is 4.79 Å². The molecule has 1 aliphatic rings. The number of nitrogens with one attached hydrogen (secondary N) is 1. The molecule has 1 amide bonds. The molecule has 31 heavy (non-hydrogen) atoms. The molecule has 0 unspecified atom stereocenters. The first-order valence-electron chi connectivity index (χ1n) is 10.9. The van der Waals surface area contributed by atoms with Crippen molar-refractivity contribution in [2.75, 3.05) is 18.0 Å². The second-order valence-corrected chi connectivity index (χ2v) is 8.28. The molecular weight excluding hydrogens is 386 g/mol. The van der Waals surface area contributed by atoms with E-state index in [1.807, 2.05) is 25.5 Å². The van der Waals surface area contributed by atoms with E-state index < -0.39 is 0 Å². The monoisotopic (exact) mass is 415 g/mol. The van der Waals surface area contributed by atoms with Gasteiger partial charge in [-0.3, -0.25) is 9.78 Å². The largest absolute Gasteiger partial charge is 0.371 e. The van der Waals surface area contributed by atoms with Gasteiger partial charge in [-0.2, -0.15) is 0 Å². The number of anilines is 1. The number of rotatable bonds is 6. The standard InChI is InChI=1S/C25H29N5O/c1-18(29-19(2)31)21-3-5-22(6-4-21)23-8-11-30(12-9-23)25-7-10-28-24(14-25)13-20-15-26-17-27-16-20/h3-7,10,14-18,23H,8-9,11-13H2,1-2H3,(H,29,31)/t18-/m0/s1. The molecule has 0 spiro atoms. The van der Waals surface area contributed by atoms with Crippen molar-refractivity contribution in [3.63, 3.8) is 0 Å². The van der Waals surface area contributed by atoms with Crippen LogP contribution in [0.5, 0.6) is 0 Å². The number of benzene rings is 1. The molecule has 6 nitrogen and oxygen atoms in total.